The highest BCUT2D eigenvalue weighted by atomic mass is 16.4. The molecular formula is C10H17NO2. The van der Waals surface area contributed by atoms with Gasteiger partial charge in [0.2, 0.25) is 0 Å². The molecule has 3 N–H and O–H groups in total. The highest BCUT2D eigenvalue weighted by molar-refractivity contribution is 5.75. The molecule has 3 fully saturated rings. The summed E-state index contributed by atoms with van der Waals surface area (Å²) in [6.45, 7) is 2.18. The molecule has 0 aromatic heterocycles. The van der Waals surface area contributed by atoms with Crippen LogP contribution in [0.25, 0.3) is 0 Å². The van der Waals surface area contributed by atoms with E-state index in [1.807, 2.05) is 0 Å². The molecule has 74 valence electrons. The van der Waals surface area contributed by atoms with Crippen LogP contribution in [0.2, 0.25) is 0 Å². The number of aliphatic carboxylic acids is 1. The van der Waals surface area contributed by atoms with Crippen molar-refractivity contribution in [1.29, 1.82) is 0 Å². The molecule has 0 heterocycles. The lowest BCUT2D eigenvalue weighted by molar-refractivity contribution is -0.223. The van der Waals surface area contributed by atoms with Crippen molar-refractivity contribution in [2.45, 2.75) is 45.1 Å². The van der Waals surface area contributed by atoms with E-state index in [2.05, 4.69) is 6.92 Å². The predicted molar refractivity (Wildman–Crippen MR) is 49.2 cm³/mol. The molecule has 3 aliphatic rings. The van der Waals surface area contributed by atoms with E-state index in [0.29, 0.717) is 5.41 Å². The number of carbonyl (C=O) groups is 1. The Morgan fingerprint density at radius 1 is 1.54 bits per heavy atom. The van der Waals surface area contributed by atoms with Crippen molar-refractivity contribution in [3.63, 3.8) is 0 Å². The van der Waals surface area contributed by atoms with E-state index in [4.69, 9.17) is 10.8 Å². The first-order valence-corrected chi connectivity index (χ1v) is 5.02. The smallest absolute Gasteiger partial charge is 0.321 e. The molecule has 0 radical (unpaired) electrons. The summed E-state index contributed by atoms with van der Waals surface area (Å²) >= 11 is 0. The molecule has 3 aliphatic carbocycles. The minimum atomic E-state index is -0.829. The molecule has 1 atom stereocenters. The molecule has 0 aromatic carbocycles. The zero-order valence-corrected chi connectivity index (χ0v) is 8.05. The second-order valence-corrected chi connectivity index (χ2v) is 4.96. The SMILES string of the molecule is CCCC12CC(C(N)C(=O)O)(C1)C2. The second-order valence-electron chi connectivity index (χ2n) is 4.96. The van der Waals surface area contributed by atoms with Crippen molar-refractivity contribution < 1.29 is 9.90 Å². The number of hydrogen-bond acceptors (Lipinski definition) is 2. The minimum Gasteiger partial charge on any atom is -0.480 e. The lowest BCUT2D eigenvalue weighted by Crippen LogP contribution is -2.70. The molecule has 0 saturated heterocycles. The Bertz CT molecular complexity index is 230. The summed E-state index contributed by atoms with van der Waals surface area (Å²) < 4.78 is 0. The zero-order valence-electron chi connectivity index (χ0n) is 8.05. The van der Waals surface area contributed by atoms with Crippen LogP contribution in [0.3, 0.4) is 0 Å². The maximum Gasteiger partial charge on any atom is 0.321 e. The minimum absolute atomic E-state index is 0.0129. The van der Waals surface area contributed by atoms with Gasteiger partial charge in [-0.25, -0.2) is 0 Å². The van der Waals surface area contributed by atoms with Crippen LogP contribution in [0.1, 0.15) is 39.0 Å². The third kappa shape index (κ3) is 1.03. The quantitative estimate of drug-likeness (QED) is 0.692. The summed E-state index contributed by atoms with van der Waals surface area (Å²) in [7, 11) is 0. The average Bonchev–Trinajstić information content (AvgIpc) is 1.92. The Morgan fingerprint density at radius 2 is 2.08 bits per heavy atom. The lowest BCUT2D eigenvalue weighted by atomic mass is 9.32. The predicted octanol–water partition coefficient (Wildman–Crippen LogP) is 1.37. The number of nitrogens with two attached hydrogens (primary N) is 1. The highest BCUT2D eigenvalue weighted by Gasteiger charge is 2.70. The largest absolute Gasteiger partial charge is 0.480 e. The van der Waals surface area contributed by atoms with Gasteiger partial charge in [-0.05, 0) is 36.5 Å². The van der Waals surface area contributed by atoms with E-state index in [-0.39, 0.29) is 5.41 Å². The molecule has 0 amide bonds. The molecule has 0 aromatic rings. The molecule has 0 spiro atoms. The molecule has 3 nitrogen and oxygen atoms in total. The monoisotopic (exact) mass is 183 g/mol. The summed E-state index contributed by atoms with van der Waals surface area (Å²) in [6.07, 6.45) is 5.63. The number of hydrogen-bond donors (Lipinski definition) is 2. The number of carboxylic acids is 1. The number of carboxylic acid groups (broad SMARTS) is 1. The fourth-order valence-corrected chi connectivity index (χ4v) is 3.47. The first kappa shape index (κ1) is 9.00. The summed E-state index contributed by atoms with van der Waals surface area (Å²) in [5, 5.41) is 8.80. The fraction of sp³-hybridized carbons (Fsp3) is 0.900. The zero-order chi connectivity index (χ0) is 9.69. The maximum absolute atomic E-state index is 10.7. The molecular weight excluding hydrogens is 166 g/mol. The van der Waals surface area contributed by atoms with Gasteiger partial charge in [0.25, 0.3) is 0 Å². The van der Waals surface area contributed by atoms with Crippen molar-refractivity contribution in [1.82, 2.24) is 0 Å². The normalized spacial score (nSPS) is 43.2. The van der Waals surface area contributed by atoms with Crippen molar-refractivity contribution in [2.24, 2.45) is 16.6 Å². The van der Waals surface area contributed by atoms with Crippen LogP contribution in [-0.4, -0.2) is 17.1 Å². The van der Waals surface area contributed by atoms with Crippen LogP contribution in [0, 0.1) is 10.8 Å². The molecule has 3 rings (SSSR count). The summed E-state index contributed by atoms with van der Waals surface area (Å²) in [6, 6.07) is -0.619. The van der Waals surface area contributed by atoms with Gasteiger partial charge in [-0.1, -0.05) is 13.3 Å². The van der Waals surface area contributed by atoms with Crippen LogP contribution in [0.15, 0.2) is 0 Å². The van der Waals surface area contributed by atoms with Crippen LogP contribution in [0.4, 0.5) is 0 Å². The second kappa shape index (κ2) is 2.47. The summed E-state index contributed by atoms with van der Waals surface area (Å²) in [5.41, 5.74) is 6.14. The maximum atomic E-state index is 10.7. The van der Waals surface area contributed by atoms with Crippen molar-refractivity contribution in [2.75, 3.05) is 0 Å². The van der Waals surface area contributed by atoms with Crippen molar-refractivity contribution in [3.05, 3.63) is 0 Å². The standard InChI is InChI=1S/C10H17NO2/c1-2-3-9-4-10(5-9,6-9)7(11)8(12)13/h7H,2-6,11H2,1H3,(H,12,13). The Balaban J connectivity index is 1.92. The van der Waals surface area contributed by atoms with Crippen LogP contribution in [-0.2, 0) is 4.79 Å². The van der Waals surface area contributed by atoms with Crippen molar-refractivity contribution >= 4 is 5.97 Å². The van der Waals surface area contributed by atoms with Gasteiger partial charge >= 0.3 is 5.97 Å². The highest BCUT2D eigenvalue weighted by Crippen LogP contribution is 2.76. The Kier molecular flexibility index (Phi) is 1.71. The van der Waals surface area contributed by atoms with E-state index < -0.39 is 12.0 Å². The Morgan fingerprint density at radius 3 is 2.46 bits per heavy atom. The molecule has 3 heteroatoms. The molecule has 2 bridgehead atoms. The topological polar surface area (TPSA) is 63.3 Å². The van der Waals surface area contributed by atoms with Crippen molar-refractivity contribution in [3.8, 4) is 0 Å². The fourth-order valence-electron chi connectivity index (χ4n) is 3.47. The van der Waals surface area contributed by atoms with E-state index in [0.717, 1.165) is 19.3 Å². The van der Waals surface area contributed by atoms with Crippen LogP contribution >= 0.6 is 0 Å². The van der Waals surface area contributed by atoms with E-state index >= 15 is 0 Å². The van der Waals surface area contributed by atoms with Gasteiger partial charge in [-0.15, -0.1) is 0 Å². The van der Waals surface area contributed by atoms with Gasteiger partial charge in [-0.3, -0.25) is 4.79 Å². The first-order valence-electron chi connectivity index (χ1n) is 5.02. The first-order chi connectivity index (χ1) is 6.04. The van der Waals surface area contributed by atoms with E-state index in [1.165, 1.54) is 12.8 Å². The number of rotatable bonds is 4. The van der Waals surface area contributed by atoms with Gasteiger partial charge < -0.3 is 10.8 Å². The van der Waals surface area contributed by atoms with Gasteiger partial charge in [-0.2, -0.15) is 0 Å². The van der Waals surface area contributed by atoms with Gasteiger partial charge in [0.1, 0.15) is 6.04 Å². The lowest BCUT2D eigenvalue weighted by Gasteiger charge is -2.72. The third-order valence-electron chi connectivity index (χ3n) is 3.89. The third-order valence-corrected chi connectivity index (χ3v) is 3.89. The molecule has 3 saturated carbocycles. The summed E-state index contributed by atoms with van der Waals surface area (Å²) in [5.74, 6) is -0.829. The summed E-state index contributed by atoms with van der Waals surface area (Å²) in [4.78, 5) is 10.7. The van der Waals surface area contributed by atoms with Gasteiger partial charge in [0.15, 0.2) is 0 Å². The Labute approximate surface area is 78.3 Å². The molecule has 1 unspecified atom stereocenters. The van der Waals surface area contributed by atoms with Gasteiger partial charge in [0.05, 0.1) is 0 Å². The van der Waals surface area contributed by atoms with E-state index in [9.17, 15) is 4.79 Å². The van der Waals surface area contributed by atoms with Crippen LogP contribution in [0.5, 0.6) is 0 Å². The average molecular weight is 183 g/mol. The van der Waals surface area contributed by atoms with Crippen LogP contribution < -0.4 is 5.73 Å². The molecule has 13 heavy (non-hydrogen) atoms. The molecule has 0 aliphatic heterocycles. The Hall–Kier alpha value is -0.570. The van der Waals surface area contributed by atoms with Gasteiger partial charge in [0, 0.05) is 0 Å². The van der Waals surface area contributed by atoms with E-state index in [1.54, 1.807) is 0 Å².